The van der Waals surface area contributed by atoms with Gasteiger partial charge in [-0.3, -0.25) is 14.3 Å². The molecule has 2 unspecified atom stereocenters. The summed E-state index contributed by atoms with van der Waals surface area (Å²) in [6.45, 7) is 4.70. The Morgan fingerprint density at radius 3 is 2.93 bits per heavy atom. The predicted octanol–water partition coefficient (Wildman–Crippen LogP) is 2.21. The van der Waals surface area contributed by atoms with Crippen LogP contribution in [-0.4, -0.2) is 43.0 Å². The number of carbonyl (C=O) groups excluding carboxylic acids is 1. The van der Waals surface area contributed by atoms with Crippen LogP contribution in [0.15, 0.2) is 49.3 Å². The van der Waals surface area contributed by atoms with E-state index in [-0.39, 0.29) is 18.0 Å². The monoisotopic (exact) mass is 377 g/mol. The molecule has 1 aliphatic heterocycles. The van der Waals surface area contributed by atoms with Crippen LogP contribution in [0.1, 0.15) is 37.1 Å². The molecule has 8 nitrogen and oxygen atoms in total. The highest BCUT2D eigenvalue weighted by molar-refractivity contribution is 5.86. The van der Waals surface area contributed by atoms with Crippen molar-refractivity contribution in [2.45, 2.75) is 38.8 Å². The first-order chi connectivity index (χ1) is 13.6. The lowest BCUT2D eigenvalue weighted by molar-refractivity contribution is -0.122. The number of aromatic nitrogens is 5. The van der Waals surface area contributed by atoms with Gasteiger partial charge < -0.3 is 10.2 Å². The van der Waals surface area contributed by atoms with Crippen LogP contribution in [-0.2, 0) is 4.79 Å². The lowest BCUT2D eigenvalue weighted by atomic mass is 10.1. The Bertz CT molecular complexity index is 942. The predicted molar refractivity (Wildman–Crippen MR) is 105 cm³/mol. The Kier molecular flexibility index (Phi) is 5.01. The number of rotatable bonds is 5. The number of carbonyl (C=O) groups is 1. The van der Waals surface area contributed by atoms with Crippen LogP contribution in [0.25, 0.3) is 5.95 Å². The van der Waals surface area contributed by atoms with Crippen molar-refractivity contribution in [3.05, 3.63) is 60.6 Å². The van der Waals surface area contributed by atoms with E-state index >= 15 is 0 Å². The first-order valence-electron chi connectivity index (χ1n) is 9.43. The molecule has 0 radical (unpaired) electrons. The maximum atomic E-state index is 13.0. The number of amides is 1. The third-order valence-electron chi connectivity index (χ3n) is 4.96. The van der Waals surface area contributed by atoms with E-state index < -0.39 is 0 Å². The molecule has 0 spiro atoms. The van der Waals surface area contributed by atoms with Crippen LogP contribution < -0.4 is 10.2 Å². The molecule has 8 heteroatoms. The summed E-state index contributed by atoms with van der Waals surface area (Å²) >= 11 is 0. The van der Waals surface area contributed by atoms with E-state index in [1.165, 1.54) is 0 Å². The quantitative estimate of drug-likeness (QED) is 0.733. The summed E-state index contributed by atoms with van der Waals surface area (Å²) in [5.74, 6) is 1.33. The zero-order chi connectivity index (χ0) is 19.5. The van der Waals surface area contributed by atoms with E-state index in [1.807, 2.05) is 38.2 Å². The van der Waals surface area contributed by atoms with Gasteiger partial charge in [0.25, 0.3) is 0 Å². The molecule has 1 amide bonds. The highest BCUT2D eigenvalue weighted by Crippen LogP contribution is 2.26. The van der Waals surface area contributed by atoms with Crippen molar-refractivity contribution in [2.75, 3.05) is 11.4 Å². The lowest BCUT2D eigenvalue weighted by Crippen LogP contribution is -2.44. The standard InChI is InChI=1S/C20H23N7O/c1-14-11-18(25-20(23-14)26-10-8-22-13-26)27-9-4-6-17(27)19(28)24-15(2)16-5-3-7-21-12-16/h3,5,7-8,10-13,15,17H,4,6,9H2,1-2H3,(H,24,28). The molecule has 4 rings (SSSR count). The summed E-state index contributed by atoms with van der Waals surface area (Å²) in [4.78, 5) is 32.4. The van der Waals surface area contributed by atoms with E-state index in [4.69, 9.17) is 0 Å². The lowest BCUT2D eigenvalue weighted by Gasteiger charge is -2.27. The van der Waals surface area contributed by atoms with E-state index in [0.29, 0.717) is 5.95 Å². The molecule has 0 saturated carbocycles. The molecule has 0 aromatic carbocycles. The van der Waals surface area contributed by atoms with E-state index in [0.717, 1.165) is 36.5 Å². The van der Waals surface area contributed by atoms with Gasteiger partial charge in [-0.25, -0.2) is 9.97 Å². The van der Waals surface area contributed by atoms with Crippen molar-refractivity contribution < 1.29 is 4.79 Å². The fourth-order valence-electron chi connectivity index (χ4n) is 3.52. The number of anilines is 1. The minimum atomic E-state index is -0.246. The minimum absolute atomic E-state index is 0.00861. The van der Waals surface area contributed by atoms with Gasteiger partial charge in [-0.2, -0.15) is 4.98 Å². The van der Waals surface area contributed by atoms with Gasteiger partial charge in [-0.05, 0) is 38.3 Å². The first-order valence-corrected chi connectivity index (χ1v) is 9.43. The van der Waals surface area contributed by atoms with E-state index in [1.54, 1.807) is 29.5 Å². The molecular weight excluding hydrogens is 354 g/mol. The van der Waals surface area contributed by atoms with E-state index in [9.17, 15) is 4.79 Å². The second kappa shape index (κ2) is 7.75. The molecule has 2 atom stereocenters. The second-order valence-corrected chi connectivity index (χ2v) is 7.01. The Labute approximate surface area is 163 Å². The van der Waals surface area contributed by atoms with Crippen molar-refractivity contribution in [3.63, 3.8) is 0 Å². The largest absolute Gasteiger partial charge is 0.348 e. The molecule has 144 valence electrons. The van der Waals surface area contributed by atoms with Crippen molar-refractivity contribution in [1.82, 2.24) is 29.8 Å². The maximum Gasteiger partial charge on any atom is 0.243 e. The summed E-state index contributed by atoms with van der Waals surface area (Å²) in [5.41, 5.74) is 1.84. The Morgan fingerprint density at radius 2 is 2.18 bits per heavy atom. The van der Waals surface area contributed by atoms with Crippen LogP contribution in [0.5, 0.6) is 0 Å². The molecule has 4 heterocycles. The molecule has 1 aliphatic rings. The smallest absolute Gasteiger partial charge is 0.243 e. The van der Waals surface area contributed by atoms with Crippen LogP contribution in [0.4, 0.5) is 5.82 Å². The van der Waals surface area contributed by atoms with Gasteiger partial charge in [0.05, 0.1) is 6.04 Å². The molecule has 0 aliphatic carbocycles. The van der Waals surface area contributed by atoms with Gasteiger partial charge in [-0.15, -0.1) is 0 Å². The summed E-state index contributed by atoms with van der Waals surface area (Å²) in [7, 11) is 0. The number of hydrogen-bond acceptors (Lipinski definition) is 6. The molecule has 1 N–H and O–H groups in total. The number of nitrogens with zero attached hydrogens (tertiary/aromatic N) is 6. The van der Waals surface area contributed by atoms with Crippen LogP contribution in [0, 0.1) is 6.92 Å². The molecule has 1 fully saturated rings. The van der Waals surface area contributed by atoms with Crippen LogP contribution in [0.3, 0.4) is 0 Å². The zero-order valence-corrected chi connectivity index (χ0v) is 16.0. The molecule has 0 bridgehead atoms. The normalized spacial score (nSPS) is 17.5. The second-order valence-electron chi connectivity index (χ2n) is 7.01. The van der Waals surface area contributed by atoms with Gasteiger partial charge >= 0.3 is 0 Å². The molecule has 3 aromatic heterocycles. The Morgan fingerprint density at radius 1 is 1.29 bits per heavy atom. The Balaban J connectivity index is 1.54. The van der Waals surface area contributed by atoms with Crippen molar-refractivity contribution in [1.29, 1.82) is 0 Å². The summed E-state index contributed by atoms with van der Waals surface area (Å²) in [5, 5.41) is 3.12. The minimum Gasteiger partial charge on any atom is -0.348 e. The molecular formula is C20H23N7O. The van der Waals surface area contributed by atoms with Crippen molar-refractivity contribution in [3.8, 4) is 5.95 Å². The number of hydrogen-bond donors (Lipinski definition) is 1. The maximum absolute atomic E-state index is 13.0. The number of nitrogens with one attached hydrogen (secondary N) is 1. The SMILES string of the molecule is Cc1cc(N2CCCC2C(=O)NC(C)c2cccnc2)nc(-n2ccnc2)n1. The summed E-state index contributed by atoms with van der Waals surface area (Å²) < 4.78 is 1.77. The van der Waals surface area contributed by atoms with E-state index in [2.05, 4.69) is 30.2 Å². The number of aryl methyl sites for hydroxylation is 1. The summed E-state index contributed by atoms with van der Waals surface area (Å²) in [6.07, 6.45) is 10.4. The van der Waals surface area contributed by atoms with Gasteiger partial charge in [0.2, 0.25) is 11.9 Å². The van der Waals surface area contributed by atoms with Crippen LogP contribution >= 0.6 is 0 Å². The molecule has 28 heavy (non-hydrogen) atoms. The number of pyridine rings is 1. The third kappa shape index (κ3) is 3.71. The van der Waals surface area contributed by atoms with Gasteiger partial charge in [0.1, 0.15) is 18.2 Å². The fourth-order valence-corrected chi connectivity index (χ4v) is 3.52. The zero-order valence-electron chi connectivity index (χ0n) is 16.0. The highest BCUT2D eigenvalue weighted by Gasteiger charge is 2.32. The van der Waals surface area contributed by atoms with Crippen molar-refractivity contribution >= 4 is 11.7 Å². The third-order valence-corrected chi connectivity index (χ3v) is 4.96. The number of imidazole rings is 1. The van der Waals surface area contributed by atoms with Gasteiger partial charge in [-0.1, -0.05) is 6.07 Å². The van der Waals surface area contributed by atoms with Crippen LogP contribution in [0.2, 0.25) is 0 Å². The first kappa shape index (κ1) is 18.1. The Hall–Kier alpha value is -3.29. The fraction of sp³-hybridized carbons (Fsp3) is 0.350. The summed E-state index contributed by atoms with van der Waals surface area (Å²) in [6, 6.07) is 5.43. The average molecular weight is 377 g/mol. The highest BCUT2D eigenvalue weighted by atomic mass is 16.2. The van der Waals surface area contributed by atoms with Gasteiger partial charge in [0.15, 0.2) is 0 Å². The topological polar surface area (TPSA) is 88.8 Å². The molecule has 1 saturated heterocycles. The molecule has 3 aromatic rings. The van der Waals surface area contributed by atoms with Gasteiger partial charge in [0, 0.05) is 43.1 Å². The average Bonchev–Trinajstić information content (AvgIpc) is 3.40. The van der Waals surface area contributed by atoms with Crippen molar-refractivity contribution in [2.24, 2.45) is 0 Å².